The summed E-state index contributed by atoms with van der Waals surface area (Å²) in [5.41, 5.74) is 0. The lowest BCUT2D eigenvalue weighted by molar-refractivity contribution is -0.322. The SMILES string of the molecule is CCCCOCC[C@H]1CO[C@@H](OC)C(O)O1. The minimum absolute atomic E-state index is 0.108. The molecule has 0 amide bonds. The summed E-state index contributed by atoms with van der Waals surface area (Å²) in [6.07, 6.45) is 1.17. The molecule has 96 valence electrons. The molecule has 1 N–H and O–H groups in total. The Hall–Kier alpha value is -0.200. The molecule has 0 spiro atoms. The largest absolute Gasteiger partial charge is 0.381 e. The average Bonchev–Trinajstić information content (AvgIpc) is 2.29. The van der Waals surface area contributed by atoms with Crippen molar-refractivity contribution < 1.29 is 24.1 Å². The molecule has 0 aromatic heterocycles. The fourth-order valence-corrected chi connectivity index (χ4v) is 1.48. The predicted molar refractivity (Wildman–Crippen MR) is 58.0 cm³/mol. The Balaban J connectivity index is 2.06. The molecule has 3 atom stereocenters. The number of hydrogen-bond donors (Lipinski definition) is 1. The van der Waals surface area contributed by atoms with Crippen molar-refractivity contribution in [1.82, 2.24) is 0 Å². The van der Waals surface area contributed by atoms with E-state index in [9.17, 15) is 5.11 Å². The maximum Gasteiger partial charge on any atom is 0.209 e. The summed E-state index contributed by atoms with van der Waals surface area (Å²) in [6.45, 7) is 3.99. The average molecular weight is 234 g/mol. The predicted octanol–water partition coefficient (Wildman–Crippen LogP) is 0.899. The molecule has 16 heavy (non-hydrogen) atoms. The van der Waals surface area contributed by atoms with Crippen LogP contribution in [0.4, 0.5) is 0 Å². The van der Waals surface area contributed by atoms with Gasteiger partial charge in [0.25, 0.3) is 0 Å². The van der Waals surface area contributed by atoms with Gasteiger partial charge in [0.05, 0.1) is 12.7 Å². The van der Waals surface area contributed by atoms with E-state index in [0.29, 0.717) is 13.2 Å². The van der Waals surface area contributed by atoms with E-state index >= 15 is 0 Å². The van der Waals surface area contributed by atoms with Crippen LogP contribution in [0.1, 0.15) is 26.2 Å². The lowest BCUT2D eigenvalue weighted by atomic mass is 10.2. The van der Waals surface area contributed by atoms with Gasteiger partial charge < -0.3 is 24.1 Å². The van der Waals surface area contributed by atoms with Crippen LogP contribution in [-0.2, 0) is 18.9 Å². The fraction of sp³-hybridized carbons (Fsp3) is 1.00. The molecule has 1 rings (SSSR count). The van der Waals surface area contributed by atoms with Gasteiger partial charge in [-0.3, -0.25) is 0 Å². The van der Waals surface area contributed by atoms with Crippen LogP contribution in [-0.4, -0.2) is 50.7 Å². The third kappa shape index (κ3) is 4.76. The van der Waals surface area contributed by atoms with Crippen LogP contribution >= 0.6 is 0 Å². The van der Waals surface area contributed by atoms with Gasteiger partial charge in [0.2, 0.25) is 12.6 Å². The first kappa shape index (κ1) is 13.9. The standard InChI is InChI=1S/C11H22O5/c1-3-4-6-14-7-5-9-8-15-11(13-2)10(12)16-9/h9-12H,3-8H2,1-2H3/t9-,10?,11+/m0/s1. The summed E-state index contributed by atoms with van der Waals surface area (Å²) in [6, 6.07) is 0. The van der Waals surface area contributed by atoms with E-state index in [0.717, 1.165) is 25.9 Å². The maximum atomic E-state index is 9.47. The van der Waals surface area contributed by atoms with Gasteiger partial charge in [-0.1, -0.05) is 13.3 Å². The summed E-state index contributed by atoms with van der Waals surface area (Å²) in [7, 11) is 1.48. The zero-order valence-corrected chi connectivity index (χ0v) is 10.1. The van der Waals surface area contributed by atoms with E-state index in [-0.39, 0.29) is 6.10 Å². The number of rotatable bonds is 7. The highest BCUT2D eigenvalue weighted by molar-refractivity contribution is 4.65. The van der Waals surface area contributed by atoms with Crippen LogP contribution in [0.25, 0.3) is 0 Å². The van der Waals surface area contributed by atoms with Crippen LogP contribution in [0.2, 0.25) is 0 Å². The molecule has 0 saturated carbocycles. The first-order valence-electron chi connectivity index (χ1n) is 5.83. The van der Waals surface area contributed by atoms with E-state index in [4.69, 9.17) is 18.9 Å². The molecule has 0 radical (unpaired) electrons. The van der Waals surface area contributed by atoms with Gasteiger partial charge in [0, 0.05) is 20.3 Å². The maximum absolute atomic E-state index is 9.47. The molecule has 1 saturated heterocycles. The molecule has 1 aliphatic rings. The number of aliphatic hydroxyl groups excluding tert-OH is 1. The van der Waals surface area contributed by atoms with Crippen molar-refractivity contribution >= 4 is 0 Å². The van der Waals surface area contributed by atoms with Crippen molar-refractivity contribution in [3.63, 3.8) is 0 Å². The number of aliphatic hydroxyl groups is 1. The van der Waals surface area contributed by atoms with Gasteiger partial charge >= 0.3 is 0 Å². The van der Waals surface area contributed by atoms with Crippen LogP contribution < -0.4 is 0 Å². The quantitative estimate of drug-likeness (QED) is 0.663. The normalized spacial score (nSPS) is 30.6. The van der Waals surface area contributed by atoms with Crippen molar-refractivity contribution in [3.05, 3.63) is 0 Å². The molecule has 1 unspecified atom stereocenters. The van der Waals surface area contributed by atoms with Crippen molar-refractivity contribution in [2.45, 2.75) is 44.9 Å². The number of hydrogen-bond acceptors (Lipinski definition) is 5. The second kappa shape index (κ2) is 7.97. The Labute approximate surface area is 96.6 Å². The summed E-state index contributed by atoms with van der Waals surface area (Å²) >= 11 is 0. The van der Waals surface area contributed by atoms with E-state index < -0.39 is 12.6 Å². The first-order chi connectivity index (χ1) is 7.77. The lowest BCUT2D eigenvalue weighted by Gasteiger charge is -2.32. The number of unbranched alkanes of at least 4 members (excludes halogenated alkanes) is 1. The van der Waals surface area contributed by atoms with Crippen LogP contribution in [0.5, 0.6) is 0 Å². The van der Waals surface area contributed by atoms with Gasteiger partial charge in [-0.25, -0.2) is 0 Å². The van der Waals surface area contributed by atoms with Gasteiger partial charge in [-0.2, -0.15) is 0 Å². The monoisotopic (exact) mass is 234 g/mol. The molecule has 0 aliphatic carbocycles. The van der Waals surface area contributed by atoms with Crippen LogP contribution in [0.15, 0.2) is 0 Å². The second-order valence-electron chi connectivity index (χ2n) is 3.84. The van der Waals surface area contributed by atoms with E-state index in [1.807, 2.05) is 0 Å². The van der Waals surface area contributed by atoms with Gasteiger partial charge in [-0.05, 0) is 12.8 Å². The van der Waals surface area contributed by atoms with E-state index in [1.165, 1.54) is 7.11 Å². The molecule has 0 bridgehead atoms. The Morgan fingerprint density at radius 1 is 1.38 bits per heavy atom. The van der Waals surface area contributed by atoms with Gasteiger partial charge in [0.15, 0.2) is 0 Å². The van der Waals surface area contributed by atoms with Crippen molar-refractivity contribution in [2.75, 3.05) is 26.9 Å². The number of methoxy groups -OCH3 is 1. The fourth-order valence-electron chi connectivity index (χ4n) is 1.48. The topological polar surface area (TPSA) is 57.2 Å². The zero-order valence-electron chi connectivity index (χ0n) is 10.1. The van der Waals surface area contributed by atoms with Gasteiger partial charge in [0.1, 0.15) is 0 Å². The molecule has 5 nitrogen and oxygen atoms in total. The van der Waals surface area contributed by atoms with Crippen LogP contribution in [0, 0.1) is 0 Å². The molecule has 0 aromatic carbocycles. The van der Waals surface area contributed by atoms with Crippen molar-refractivity contribution in [1.29, 1.82) is 0 Å². The molecule has 0 aromatic rings. The van der Waals surface area contributed by atoms with E-state index in [2.05, 4.69) is 6.92 Å². The highest BCUT2D eigenvalue weighted by atomic mass is 16.8. The van der Waals surface area contributed by atoms with Gasteiger partial charge in [-0.15, -0.1) is 0 Å². The third-order valence-electron chi connectivity index (χ3n) is 2.47. The van der Waals surface area contributed by atoms with Crippen molar-refractivity contribution in [2.24, 2.45) is 0 Å². The Morgan fingerprint density at radius 2 is 2.19 bits per heavy atom. The second-order valence-corrected chi connectivity index (χ2v) is 3.84. The Bertz CT molecular complexity index is 176. The molecule has 1 fully saturated rings. The minimum Gasteiger partial charge on any atom is -0.381 e. The Morgan fingerprint density at radius 3 is 2.81 bits per heavy atom. The summed E-state index contributed by atoms with van der Waals surface area (Å²) in [5.74, 6) is 0. The highest BCUT2D eigenvalue weighted by Gasteiger charge is 2.30. The van der Waals surface area contributed by atoms with E-state index in [1.54, 1.807) is 0 Å². The first-order valence-corrected chi connectivity index (χ1v) is 5.83. The summed E-state index contributed by atoms with van der Waals surface area (Å²) in [5, 5.41) is 9.47. The zero-order chi connectivity index (χ0) is 11.8. The third-order valence-corrected chi connectivity index (χ3v) is 2.47. The molecular formula is C11H22O5. The van der Waals surface area contributed by atoms with Crippen molar-refractivity contribution in [3.8, 4) is 0 Å². The smallest absolute Gasteiger partial charge is 0.209 e. The molecular weight excluding hydrogens is 212 g/mol. The highest BCUT2D eigenvalue weighted by Crippen LogP contribution is 2.15. The summed E-state index contributed by atoms with van der Waals surface area (Å²) < 4.78 is 20.9. The summed E-state index contributed by atoms with van der Waals surface area (Å²) in [4.78, 5) is 0. The molecule has 1 heterocycles. The molecule has 1 aliphatic heterocycles. The number of ether oxygens (including phenoxy) is 4. The lowest BCUT2D eigenvalue weighted by Crippen LogP contribution is -2.44. The minimum atomic E-state index is -1.00. The van der Waals surface area contributed by atoms with Crippen LogP contribution in [0.3, 0.4) is 0 Å². The Kier molecular flexibility index (Phi) is 6.91. The molecule has 5 heteroatoms.